The molecule has 0 aliphatic rings. The lowest BCUT2D eigenvalue weighted by Gasteiger charge is -2.07. The fraction of sp³-hybridized carbons (Fsp3) is 0.538. The summed E-state index contributed by atoms with van der Waals surface area (Å²) in [5.74, 6) is 0.599. The Balaban J connectivity index is 4.16. The van der Waals surface area contributed by atoms with Gasteiger partial charge in [0.25, 0.3) is 0 Å². The van der Waals surface area contributed by atoms with Crippen LogP contribution in [0.2, 0.25) is 0 Å². The van der Waals surface area contributed by atoms with Crippen LogP contribution in [0, 0.1) is 0 Å². The van der Waals surface area contributed by atoms with Crippen LogP contribution in [-0.4, -0.2) is 36.6 Å². The van der Waals surface area contributed by atoms with E-state index in [1.807, 2.05) is 13.2 Å². The Morgan fingerprint density at radius 2 is 2.20 bits per heavy atom. The molecular formula is C13H23ClN4OS. The van der Waals surface area contributed by atoms with Gasteiger partial charge in [-0.3, -0.25) is 4.99 Å². The number of rotatable bonds is 8. The fourth-order valence-electron chi connectivity index (χ4n) is 1.11. The van der Waals surface area contributed by atoms with E-state index in [0.29, 0.717) is 23.9 Å². The van der Waals surface area contributed by atoms with Crippen molar-refractivity contribution in [1.29, 1.82) is 0 Å². The number of halogens is 1. The third-order valence-corrected chi connectivity index (χ3v) is 3.24. The normalized spacial score (nSPS) is 15.6. The van der Waals surface area contributed by atoms with E-state index in [1.165, 1.54) is 0 Å². The minimum absolute atomic E-state index is 0.423. The van der Waals surface area contributed by atoms with Crippen molar-refractivity contribution >= 4 is 34.6 Å². The predicted octanol–water partition coefficient (Wildman–Crippen LogP) is 2.69. The number of nitrogens with one attached hydrogen (secondary N) is 1. The van der Waals surface area contributed by atoms with Gasteiger partial charge < -0.3 is 15.9 Å². The van der Waals surface area contributed by atoms with Gasteiger partial charge >= 0.3 is 0 Å². The molecule has 0 saturated carbocycles. The molecule has 5 nitrogen and oxygen atoms in total. The SMILES string of the molecule is C/C=N/O/C(C)=C/C(N)/C(Cl)=C/NCC/N=C(/C)SC. The summed E-state index contributed by atoms with van der Waals surface area (Å²) < 4.78 is 0. The van der Waals surface area contributed by atoms with E-state index >= 15 is 0 Å². The summed E-state index contributed by atoms with van der Waals surface area (Å²) in [6, 6.07) is -0.423. The molecular weight excluding hydrogens is 296 g/mol. The number of nitrogens with two attached hydrogens (primary N) is 1. The molecule has 0 fully saturated rings. The maximum Gasteiger partial charge on any atom is 0.129 e. The van der Waals surface area contributed by atoms with Crippen LogP contribution >= 0.6 is 23.4 Å². The van der Waals surface area contributed by atoms with E-state index < -0.39 is 6.04 Å². The molecule has 0 aromatic carbocycles. The summed E-state index contributed by atoms with van der Waals surface area (Å²) in [6.45, 7) is 6.93. The molecule has 114 valence electrons. The monoisotopic (exact) mass is 318 g/mol. The lowest BCUT2D eigenvalue weighted by molar-refractivity contribution is 0.229. The molecule has 7 heteroatoms. The second-order valence-electron chi connectivity index (χ2n) is 3.85. The lowest BCUT2D eigenvalue weighted by Crippen LogP contribution is -2.21. The minimum atomic E-state index is -0.423. The van der Waals surface area contributed by atoms with Crippen LogP contribution in [0.1, 0.15) is 20.8 Å². The van der Waals surface area contributed by atoms with E-state index in [9.17, 15) is 0 Å². The maximum absolute atomic E-state index is 6.07. The Hall–Kier alpha value is -0.980. The van der Waals surface area contributed by atoms with Crippen LogP contribution in [0.25, 0.3) is 0 Å². The highest BCUT2D eigenvalue weighted by molar-refractivity contribution is 8.13. The van der Waals surface area contributed by atoms with E-state index in [4.69, 9.17) is 22.2 Å². The minimum Gasteiger partial charge on any atom is -0.388 e. The number of nitrogens with zero attached hydrogens (tertiary/aromatic N) is 2. The topological polar surface area (TPSA) is 72.0 Å². The molecule has 0 rings (SSSR count). The molecule has 0 aromatic heterocycles. The van der Waals surface area contributed by atoms with Crippen molar-refractivity contribution in [3.63, 3.8) is 0 Å². The van der Waals surface area contributed by atoms with E-state index in [1.54, 1.807) is 44.1 Å². The smallest absolute Gasteiger partial charge is 0.129 e. The molecule has 0 spiro atoms. The van der Waals surface area contributed by atoms with Gasteiger partial charge in [-0.05, 0) is 33.1 Å². The van der Waals surface area contributed by atoms with E-state index in [2.05, 4.69) is 15.5 Å². The van der Waals surface area contributed by atoms with Gasteiger partial charge in [0, 0.05) is 19.0 Å². The largest absolute Gasteiger partial charge is 0.388 e. The lowest BCUT2D eigenvalue weighted by atomic mass is 10.2. The second kappa shape index (κ2) is 11.8. The first-order valence-electron chi connectivity index (χ1n) is 6.24. The molecule has 0 heterocycles. The van der Waals surface area contributed by atoms with Gasteiger partial charge in [0.1, 0.15) is 5.76 Å². The van der Waals surface area contributed by atoms with Gasteiger partial charge in [0.2, 0.25) is 0 Å². The third kappa shape index (κ3) is 9.89. The van der Waals surface area contributed by atoms with Gasteiger partial charge in [0.05, 0.1) is 22.7 Å². The summed E-state index contributed by atoms with van der Waals surface area (Å²) in [5.41, 5.74) is 5.89. The number of hydrogen-bond donors (Lipinski definition) is 2. The number of aliphatic imine (C=N–C) groups is 1. The van der Waals surface area contributed by atoms with Crippen LogP contribution in [0.3, 0.4) is 0 Å². The van der Waals surface area contributed by atoms with Crippen LogP contribution < -0.4 is 11.1 Å². The number of allylic oxidation sites excluding steroid dienone is 1. The van der Waals surface area contributed by atoms with Gasteiger partial charge in [-0.1, -0.05) is 16.8 Å². The Labute approximate surface area is 130 Å². The van der Waals surface area contributed by atoms with Gasteiger partial charge in [-0.25, -0.2) is 0 Å². The zero-order valence-corrected chi connectivity index (χ0v) is 14.0. The zero-order valence-electron chi connectivity index (χ0n) is 12.4. The Morgan fingerprint density at radius 1 is 1.50 bits per heavy atom. The summed E-state index contributed by atoms with van der Waals surface area (Å²) in [4.78, 5) is 9.35. The first-order chi connectivity index (χ1) is 9.51. The molecule has 3 N–H and O–H groups in total. The van der Waals surface area contributed by atoms with Crippen molar-refractivity contribution in [2.75, 3.05) is 19.3 Å². The quantitative estimate of drug-likeness (QED) is 0.237. The molecule has 1 unspecified atom stereocenters. The van der Waals surface area contributed by atoms with Crippen LogP contribution in [0.15, 0.2) is 33.2 Å². The molecule has 0 saturated heterocycles. The molecule has 0 bridgehead atoms. The maximum atomic E-state index is 6.07. The molecule has 0 aliphatic heterocycles. The highest BCUT2D eigenvalue weighted by Gasteiger charge is 2.04. The van der Waals surface area contributed by atoms with Crippen LogP contribution in [0.4, 0.5) is 0 Å². The number of oxime groups is 1. The van der Waals surface area contributed by atoms with Gasteiger partial charge in [-0.15, -0.1) is 11.8 Å². The average molecular weight is 319 g/mol. The second-order valence-corrected chi connectivity index (χ2v) is 5.28. The van der Waals surface area contributed by atoms with Crippen LogP contribution in [-0.2, 0) is 4.84 Å². The van der Waals surface area contributed by atoms with E-state index in [-0.39, 0.29) is 0 Å². The molecule has 1 atom stereocenters. The standard InChI is InChI=1S/C13H23ClN4OS/c1-5-18-19-10(2)8-13(15)12(14)9-16-6-7-17-11(3)20-4/h5,8-9,13,16H,6-7,15H2,1-4H3/b10-8+,12-9-,17-11-,18-5+. The van der Waals surface area contributed by atoms with Crippen molar-refractivity contribution in [1.82, 2.24) is 5.32 Å². The van der Waals surface area contributed by atoms with Gasteiger partial charge in [0.15, 0.2) is 0 Å². The molecule has 20 heavy (non-hydrogen) atoms. The highest BCUT2D eigenvalue weighted by atomic mass is 35.5. The highest BCUT2D eigenvalue weighted by Crippen LogP contribution is 2.09. The number of hydrogen-bond acceptors (Lipinski definition) is 6. The Kier molecular flexibility index (Phi) is 11.2. The van der Waals surface area contributed by atoms with Crippen molar-refractivity contribution in [3.05, 3.63) is 23.1 Å². The Morgan fingerprint density at radius 3 is 2.80 bits per heavy atom. The summed E-state index contributed by atoms with van der Waals surface area (Å²) >= 11 is 7.71. The third-order valence-electron chi connectivity index (χ3n) is 2.16. The molecule has 0 aliphatic carbocycles. The fourth-order valence-corrected chi connectivity index (χ4v) is 1.47. The predicted molar refractivity (Wildman–Crippen MR) is 90.4 cm³/mol. The first kappa shape index (κ1) is 19.0. The summed E-state index contributed by atoms with van der Waals surface area (Å²) in [7, 11) is 0. The van der Waals surface area contributed by atoms with E-state index in [0.717, 1.165) is 5.04 Å². The summed E-state index contributed by atoms with van der Waals surface area (Å²) in [6.07, 6.45) is 6.94. The van der Waals surface area contributed by atoms with Crippen molar-refractivity contribution < 1.29 is 4.84 Å². The van der Waals surface area contributed by atoms with Crippen LogP contribution in [0.5, 0.6) is 0 Å². The van der Waals surface area contributed by atoms with Crippen molar-refractivity contribution in [3.8, 4) is 0 Å². The van der Waals surface area contributed by atoms with Crippen molar-refractivity contribution in [2.24, 2.45) is 15.9 Å². The Bertz CT molecular complexity index is 394. The molecule has 0 aromatic rings. The average Bonchev–Trinajstić information content (AvgIpc) is 2.43. The molecule has 0 radical (unpaired) electrons. The first-order valence-corrected chi connectivity index (χ1v) is 7.84. The van der Waals surface area contributed by atoms with Gasteiger partial charge in [-0.2, -0.15) is 0 Å². The summed E-state index contributed by atoms with van der Waals surface area (Å²) in [5, 5.41) is 8.28. The number of thioether (sulfide) groups is 1. The van der Waals surface area contributed by atoms with Crippen molar-refractivity contribution in [2.45, 2.75) is 26.8 Å². The zero-order chi connectivity index (χ0) is 15.4. The molecule has 0 amide bonds.